The minimum atomic E-state index is -2.78. The second-order valence-corrected chi connectivity index (χ2v) is 16.3. The summed E-state index contributed by atoms with van der Waals surface area (Å²) in [6.07, 6.45) is 10.2. The fourth-order valence-electron chi connectivity index (χ4n) is 6.53. The molecule has 49 heavy (non-hydrogen) atoms. The highest BCUT2D eigenvalue weighted by atomic mass is 79.9. The molecule has 0 radical (unpaired) electrons. The molecule has 0 unspecified atom stereocenters. The molecule has 0 spiro atoms. The van der Waals surface area contributed by atoms with Gasteiger partial charge in [-0.15, -0.1) is 0 Å². The smallest absolute Gasteiger partial charge is 0.229 e. The molecule has 15 heteroatoms. The number of fused-ring (bicyclic) bond motifs is 1. The molecule has 2 aromatic carbocycles. The summed E-state index contributed by atoms with van der Waals surface area (Å²) >= 11 is 3.58. The van der Waals surface area contributed by atoms with Crippen molar-refractivity contribution >= 4 is 80.0 Å². The van der Waals surface area contributed by atoms with Gasteiger partial charge in [0.25, 0.3) is 0 Å². The number of aromatic nitrogens is 4. The van der Waals surface area contributed by atoms with Crippen LogP contribution >= 0.6 is 23.1 Å². The standard InChI is InChI=1S/C34H42BrN10O3P/c1-37-20-22(19-36)24-17-28(30(47-2)18-29(24)45-11-7-23(8-12-45)44-13-15-48-16-14-44)42-34-40-21-25(35)33(43-34)41-27-6-5-26-31(39-10-9-38-26)32(27)49(3,4)46/h5-6,9-10,17-21,23,36-37H,7-8,11-16H2,1-4H3,(H2,40,41,42,43)/b22-20+,36-19?. The molecule has 2 aliphatic heterocycles. The quantitative estimate of drug-likeness (QED) is 0.114. The average Bonchev–Trinajstić information content (AvgIpc) is 3.11. The molecular formula is C34H42BrN10O3P. The van der Waals surface area contributed by atoms with E-state index in [-0.39, 0.29) is 0 Å². The van der Waals surface area contributed by atoms with E-state index in [0.717, 1.165) is 69.1 Å². The van der Waals surface area contributed by atoms with Gasteiger partial charge in [-0.25, -0.2) is 4.98 Å². The maximum Gasteiger partial charge on any atom is 0.229 e. The molecule has 2 fully saturated rings. The van der Waals surface area contributed by atoms with Crippen LogP contribution in [0.15, 0.2) is 53.5 Å². The van der Waals surface area contributed by atoms with Gasteiger partial charge in [-0.1, -0.05) is 0 Å². The molecule has 4 aromatic rings. The Morgan fingerprint density at radius 1 is 1.06 bits per heavy atom. The van der Waals surface area contributed by atoms with Crippen molar-refractivity contribution < 1.29 is 14.0 Å². The minimum Gasteiger partial charge on any atom is -0.494 e. The maximum atomic E-state index is 13.5. The number of nitrogens with zero attached hydrogens (tertiary/aromatic N) is 6. The highest BCUT2D eigenvalue weighted by molar-refractivity contribution is 9.10. The summed E-state index contributed by atoms with van der Waals surface area (Å²) < 4.78 is 25.6. The first-order valence-corrected chi connectivity index (χ1v) is 19.6. The largest absolute Gasteiger partial charge is 0.494 e. The molecule has 4 N–H and O–H groups in total. The molecule has 258 valence electrons. The molecule has 6 rings (SSSR count). The third-order valence-electron chi connectivity index (χ3n) is 8.85. The van der Waals surface area contributed by atoms with E-state index in [1.54, 1.807) is 39.0 Å². The monoisotopic (exact) mass is 748 g/mol. The van der Waals surface area contributed by atoms with Crippen LogP contribution in [-0.2, 0) is 9.30 Å². The van der Waals surface area contributed by atoms with Gasteiger partial charge in [0, 0.05) is 93.2 Å². The van der Waals surface area contributed by atoms with Gasteiger partial charge in [0.15, 0.2) is 0 Å². The van der Waals surface area contributed by atoms with E-state index in [4.69, 9.17) is 19.9 Å². The summed E-state index contributed by atoms with van der Waals surface area (Å²) in [6.45, 7) is 8.79. The molecule has 2 saturated heterocycles. The van der Waals surface area contributed by atoms with Crippen LogP contribution in [0.1, 0.15) is 18.4 Å². The van der Waals surface area contributed by atoms with Gasteiger partial charge in [0.2, 0.25) is 5.95 Å². The number of anilines is 5. The third kappa shape index (κ3) is 7.72. The van der Waals surface area contributed by atoms with Crippen LogP contribution in [0.3, 0.4) is 0 Å². The van der Waals surface area contributed by atoms with Crippen molar-refractivity contribution in [3.63, 3.8) is 0 Å². The van der Waals surface area contributed by atoms with Crippen LogP contribution in [0, 0.1) is 5.41 Å². The maximum absolute atomic E-state index is 13.5. The number of nitrogens with one attached hydrogen (secondary N) is 4. The summed E-state index contributed by atoms with van der Waals surface area (Å²) in [5.74, 6) is 1.42. The van der Waals surface area contributed by atoms with Crippen molar-refractivity contribution in [1.82, 2.24) is 30.2 Å². The lowest BCUT2D eigenvalue weighted by Crippen LogP contribution is -2.49. The van der Waals surface area contributed by atoms with Crippen LogP contribution in [0.5, 0.6) is 5.75 Å². The van der Waals surface area contributed by atoms with Crippen molar-refractivity contribution in [3.05, 3.63) is 59.1 Å². The fourth-order valence-corrected chi connectivity index (χ4v) is 8.21. The number of methoxy groups -OCH3 is 1. The lowest BCUT2D eigenvalue weighted by atomic mass is 9.98. The minimum absolute atomic E-state index is 0.321. The molecular weight excluding hydrogens is 707 g/mol. The Labute approximate surface area is 294 Å². The summed E-state index contributed by atoms with van der Waals surface area (Å²) in [5, 5.41) is 18.6. The average molecular weight is 750 g/mol. The highest BCUT2D eigenvalue weighted by Gasteiger charge is 2.28. The van der Waals surface area contributed by atoms with Gasteiger partial charge in [-0.3, -0.25) is 14.9 Å². The molecule has 0 bridgehead atoms. The van der Waals surface area contributed by atoms with Gasteiger partial charge in [0.1, 0.15) is 24.2 Å². The van der Waals surface area contributed by atoms with Crippen LogP contribution < -0.4 is 30.9 Å². The zero-order valence-electron chi connectivity index (χ0n) is 28.2. The second kappa shape index (κ2) is 15.2. The van der Waals surface area contributed by atoms with E-state index in [9.17, 15) is 4.57 Å². The second-order valence-electron chi connectivity index (χ2n) is 12.3. The third-order valence-corrected chi connectivity index (χ3v) is 11.0. The van der Waals surface area contributed by atoms with Gasteiger partial charge in [-0.2, -0.15) is 4.98 Å². The Balaban J connectivity index is 1.31. The lowest BCUT2D eigenvalue weighted by molar-refractivity contribution is 0.0115. The fraction of sp³-hybridized carbons (Fsp3) is 0.382. The van der Waals surface area contributed by atoms with E-state index in [1.807, 2.05) is 37.5 Å². The Bertz CT molecular complexity index is 1910. The van der Waals surface area contributed by atoms with Crippen molar-refractivity contribution in [2.75, 3.05) is 82.4 Å². The number of allylic oxidation sites excluding steroid dienone is 1. The Morgan fingerprint density at radius 3 is 2.51 bits per heavy atom. The summed E-state index contributed by atoms with van der Waals surface area (Å²) in [7, 11) is 0.690. The molecule has 13 nitrogen and oxygen atoms in total. The van der Waals surface area contributed by atoms with Gasteiger partial charge >= 0.3 is 0 Å². The Morgan fingerprint density at radius 2 is 1.82 bits per heavy atom. The summed E-state index contributed by atoms with van der Waals surface area (Å²) in [6, 6.07) is 8.24. The molecule has 4 heterocycles. The number of benzene rings is 2. The summed E-state index contributed by atoms with van der Waals surface area (Å²) in [4.78, 5) is 23.1. The lowest BCUT2D eigenvalue weighted by Gasteiger charge is -2.41. The molecule has 0 atom stereocenters. The normalized spacial score (nSPS) is 16.4. The SMILES string of the molecule is CN/C=C(\C=N)c1cc(Nc2ncc(Br)c(Nc3ccc4nccnc4c3P(C)(C)=O)n2)c(OC)cc1N1CCC(N2CCOCC2)CC1. The number of hydrogen-bond acceptors (Lipinski definition) is 13. The van der Waals surface area contributed by atoms with Crippen molar-refractivity contribution in [3.8, 4) is 5.75 Å². The Kier molecular flexibility index (Phi) is 10.8. The van der Waals surface area contributed by atoms with E-state index in [2.05, 4.69) is 56.6 Å². The van der Waals surface area contributed by atoms with Crippen molar-refractivity contribution in [2.24, 2.45) is 0 Å². The predicted octanol–water partition coefficient (Wildman–Crippen LogP) is 5.44. The first-order valence-electron chi connectivity index (χ1n) is 16.2. The molecule has 2 aromatic heterocycles. The number of ether oxygens (including phenoxy) is 2. The molecule has 0 aliphatic carbocycles. The highest BCUT2D eigenvalue weighted by Crippen LogP contribution is 2.42. The van der Waals surface area contributed by atoms with Gasteiger partial charge in [-0.05, 0) is 60.3 Å². The van der Waals surface area contributed by atoms with E-state index in [0.29, 0.717) is 55.7 Å². The number of morpholine rings is 1. The number of piperidine rings is 1. The number of rotatable bonds is 11. The van der Waals surface area contributed by atoms with E-state index >= 15 is 0 Å². The summed E-state index contributed by atoms with van der Waals surface area (Å²) in [5.41, 5.74) is 5.15. The zero-order chi connectivity index (χ0) is 34.5. The molecule has 2 aliphatic rings. The predicted molar refractivity (Wildman–Crippen MR) is 201 cm³/mol. The Hall–Kier alpha value is -4.10. The van der Waals surface area contributed by atoms with Gasteiger partial charge in [0.05, 0.1) is 47.0 Å². The number of hydrogen-bond donors (Lipinski definition) is 4. The van der Waals surface area contributed by atoms with Crippen LogP contribution in [-0.4, -0.2) is 104 Å². The van der Waals surface area contributed by atoms with E-state index in [1.165, 1.54) is 6.21 Å². The zero-order valence-corrected chi connectivity index (χ0v) is 30.6. The number of halogens is 1. The van der Waals surface area contributed by atoms with E-state index < -0.39 is 7.14 Å². The van der Waals surface area contributed by atoms with Crippen LogP contribution in [0.2, 0.25) is 0 Å². The molecule has 0 saturated carbocycles. The van der Waals surface area contributed by atoms with Crippen LogP contribution in [0.4, 0.5) is 28.8 Å². The first-order chi connectivity index (χ1) is 23.7. The first kappa shape index (κ1) is 34.8. The molecule has 0 amide bonds. The van der Waals surface area contributed by atoms with Crippen molar-refractivity contribution in [2.45, 2.75) is 18.9 Å². The van der Waals surface area contributed by atoms with Crippen LogP contribution in [0.25, 0.3) is 16.6 Å². The topological polar surface area (TPSA) is 154 Å². The van der Waals surface area contributed by atoms with Crippen molar-refractivity contribution in [1.29, 1.82) is 5.41 Å². The van der Waals surface area contributed by atoms with Gasteiger partial charge < -0.3 is 40.3 Å².